The third-order valence-electron chi connectivity index (χ3n) is 2.36. The Morgan fingerprint density at radius 3 is 2.50 bits per heavy atom. The molecule has 2 N–H and O–H groups in total. The van der Waals surface area contributed by atoms with Crippen molar-refractivity contribution in [1.29, 1.82) is 0 Å². The summed E-state index contributed by atoms with van der Waals surface area (Å²) < 4.78 is 7.72. The predicted molar refractivity (Wildman–Crippen MR) is 62.5 cm³/mol. The van der Waals surface area contributed by atoms with Gasteiger partial charge in [-0.3, -0.25) is 0 Å². The lowest BCUT2D eigenvalue weighted by molar-refractivity contribution is 0.306. The zero-order valence-electron chi connectivity index (χ0n) is 9.74. The third kappa shape index (κ3) is 2.74. The lowest BCUT2D eigenvalue weighted by Gasteiger charge is -2.40. The molecule has 5 nitrogen and oxygen atoms in total. The normalized spacial score (nSPS) is 19.7. The van der Waals surface area contributed by atoms with Gasteiger partial charge in [0.25, 0.3) is 6.98 Å². The van der Waals surface area contributed by atoms with Crippen LogP contribution in [0, 0.1) is 0 Å². The largest absolute Gasteiger partial charge is 0.456 e. The Balaban J connectivity index is 2.60. The summed E-state index contributed by atoms with van der Waals surface area (Å²) in [5, 5.41) is 6.73. The highest BCUT2D eigenvalue weighted by Gasteiger charge is 2.41. The molecule has 0 amide bonds. The number of hydrogen-bond acceptors (Lipinski definition) is 5. The highest BCUT2D eigenvalue weighted by molar-refractivity contribution is 6.83. The molecule has 1 aliphatic rings. The molecule has 0 radical (unpaired) electrons. The minimum absolute atomic E-state index is 0.0105. The molecule has 1 saturated heterocycles. The first-order valence-corrected chi connectivity index (χ1v) is 5.08. The molecule has 1 rings (SSSR count). The van der Waals surface area contributed by atoms with Crippen LogP contribution < -0.4 is 10.3 Å². The molecule has 0 spiro atoms. The van der Waals surface area contributed by atoms with Crippen LogP contribution >= 0.6 is 0 Å². The van der Waals surface area contributed by atoms with E-state index in [1.165, 1.54) is 0 Å². The Labute approximate surface area is 88.0 Å². The lowest BCUT2D eigenvalue weighted by Crippen LogP contribution is -2.78. The fourth-order valence-electron chi connectivity index (χ4n) is 1.69. The Bertz CT molecular complexity index is 184. The highest BCUT2D eigenvalue weighted by Crippen LogP contribution is 2.01. The Hall–Kier alpha value is -0.00519. The SMILES string of the molecule is CCOB1NB(C)NB(N(C)C)N1C. The number of rotatable bonds is 3. The maximum Gasteiger partial charge on any atom is 0.456 e. The summed E-state index contributed by atoms with van der Waals surface area (Å²) in [5.74, 6) is 0. The molecule has 0 aromatic heterocycles. The zero-order chi connectivity index (χ0) is 10.7. The van der Waals surface area contributed by atoms with Crippen molar-refractivity contribution in [3.05, 3.63) is 0 Å². The van der Waals surface area contributed by atoms with Crippen LogP contribution in [0.3, 0.4) is 0 Å². The molecule has 8 heteroatoms. The third-order valence-corrected chi connectivity index (χ3v) is 2.36. The smallest absolute Gasteiger partial charge is 0.409 e. The first kappa shape index (κ1) is 12.1. The average molecular weight is 196 g/mol. The maximum absolute atomic E-state index is 5.59. The molecule has 0 saturated carbocycles. The van der Waals surface area contributed by atoms with E-state index < -0.39 is 0 Å². The van der Waals surface area contributed by atoms with Gasteiger partial charge in [-0.25, -0.2) is 0 Å². The first-order valence-electron chi connectivity index (χ1n) is 5.08. The summed E-state index contributed by atoms with van der Waals surface area (Å²) in [6, 6.07) is 0. The molecule has 0 atom stereocenters. The van der Waals surface area contributed by atoms with E-state index in [0.29, 0.717) is 0 Å². The second kappa shape index (κ2) is 5.18. The maximum atomic E-state index is 5.59. The highest BCUT2D eigenvalue weighted by atomic mass is 16.5. The number of nitrogens with one attached hydrogen (secondary N) is 2. The van der Waals surface area contributed by atoms with Gasteiger partial charge in [0.05, 0.1) is 0 Å². The predicted octanol–water partition coefficient (Wildman–Crippen LogP) is -1.20. The molecule has 78 valence electrons. The quantitative estimate of drug-likeness (QED) is 0.554. The van der Waals surface area contributed by atoms with Crippen LogP contribution in [0.1, 0.15) is 6.92 Å². The van der Waals surface area contributed by atoms with Crippen LogP contribution in [0.2, 0.25) is 6.82 Å². The fraction of sp³-hybridized carbons (Fsp3) is 1.00. The molecule has 0 unspecified atom stereocenters. The van der Waals surface area contributed by atoms with Crippen molar-refractivity contribution in [1.82, 2.24) is 19.8 Å². The first-order chi connectivity index (χ1) is 6.56. The van der Waals surface area contributed by atoms with Crippen LogP contribution in [-0.2, 0) is 4.65 Å². The van der Waals surface area contributed by atoms with E-state index in [0.717, 1.165) is 6.61 Å². The fourth-order valence-corrected chi connectivity index (χ4v) is 1.69. The summed E-state index contributed by atoms with van der Waals surface area (Å²) in [6.45, 7) is 5.08. The second-order valence-corrected chi connectivity index (χ2v) is 3.87. The zero-order valence-corrected chi connectivity index (χ0v) is 9.74. The molecule has 0 aliphatic carbocycles. The van der Waals surface area contributed by atoms with Gasteiger partial charge in [-0.05, 0) is 28.1 Å². The van der Waals surface area contributed by atoms with E-state index in [1.807, 2.05) is 14.0 Å². The molecule has 0 bridgehead atoms. The monoisotopic (exact) mass is 196 g/mol. The molecule has 14 heavy (non-hydrogen) atoms. The van der Waals surface area contributed by atoms with Gasteiger partial charge >= 0.3 is 14.3 Å². The van der Waals surface area contributed by atoms with Crippen molar-refractivity contribution >= 4 is 21.3 Å². The second-order valence-electron chi connectivity index (χ2n) is 3.87. The van der Waals surface area contributed by atoms with Gasteiger partial charge < -0.3 is 24.5 Å². The molecule has 1 aliphatic heterocycles. The van der Waals surface area contributed by atoms with Crippen molar-refractivity contribution in [2.75, 3.05) is 27.7 Å². The van der Waals surface area contributed by atoms with Crippen LogP contribution in [-0.4, -0.2) is 58.6 Å². The van der Waals surface area contributed by atoms with Crippen molar-refractivity contribution in [3.8, 4) is 0 Å². The van der Waals surface area contributed by atoms with Gasteiger partial charge in [-0.1, -0.05) is 6.82 Å². The molecule has 1 heterocycles. The molecular formula is C6H19B3N4O. The van der Waals surface area contributed by atoms with Gasteiger partial charge in [0, 0.05) is 6.61 Å². The van der Waals surface area contributed by atoms with E-state index >= 15 is 0 Å². The molecular weight excluding hydrogens is 177 g/mol. The van der Waals surface area contributed by atoms with Crippen LogP contribution in [0.5, 0.6) is 0 Å². The number of hydrogen-bond donors (Lipinski definition) is 2. The Morgan fingerprint density at radius 1 is 1.36 bits per heavy atom. The van der Waals surface area contributed by atoms with E-state index in [1.54, 1.807) is 0 Å². The molecule has 1 fully saturated rings. The van der Waals surface area contributed by atoms with Gasteiger partial charge in [-0.15, -0.1) is 0 Å². The van der Waals surface area contributed by atoms with E-state index in [9.17, 15) is 0 Å². The van der Waals surface area contributed by atoms with Gasteiger partial charge in [-0.2, -0.15) is 0 Å². The molecule has 0 aromatic rings. The van der Waals surface area contributed by atoms with Crippen LogP contribution in [0.25, 0.3) is 0 Å². The topological polar surface area (TPSA) is 39.8 Å². The lowest BCUT2D eigenvalue weighted by atomic mass is 9.58. The van der Waals surface area contributed by atoms with Crippen molar-refractivity contribution in [3.63, 3.8) is 0 Å². The molecule has 0 aromatic carbocycles. The Kier molecular flexibility index (Phi) is 4.47. The van der Waals surface area contributed by atoms with Gasteiger partial charge in [0.15, 0.2) is 0 Å². The summed E-state index contributed by atoms with van der Waals surface area (Å²) in [6.07, 6.45) is 0. The standard InChI is InChI=1S/C6H19B3N4O/c1-6-14-9-11-7(2)10-8(12(3)4)13(9)5/h10-11H,6H2,1-5H3. The van der Waals surface area contributed by atoms with Crippen molar-refractivity contribution in [2.45, 2.75) is 13.7 Å². The minimum Gasteiger partial charge on any atom is -0.409 e. The Morgan fingerprint density at radius 2 is 2.00 bits per heavy atom. The summed E-state index contributed by atoms with van der Waals surface area (Å²) >= 11 is 0. The summed E-state index contributed by atoms with van der Waals surface area (Å²) in [4.78, 5) is 2.13. The van der Waals surface area contributed by atoms with E-state index in [2.05, 4.69) is 40.7 Å². The van der Waals surface area contributed by atoms with Crippen molar-refractivity contribution in [2.24, 2.45) is 0 Å². The van der Waals surface area contributed by atoms with E-state index in [4.69, 9.17) is 4.65 Å². The van der Waals surface area contributed by atoms with Gasteiger partial charge in [0.1, 0.15) is 0 Å². The van der Waals surface area contributed by atoms with E-state index in [-0.39, 0.29) is 21.3 Å². The van der Waals surface area contributed by atoms with Crippen LogP contribution in [0.15, 0.2) is 0 Å². The van der Waals surface area contributed by atoms with Crippen molar-refractivity contribution < 1.29 is 4.65 Å². The summed E-state index contributed by atoms with van der Waals surface area (Å²) in [7, 11) is 6.34. The number of nitrogens with zero attached hydrogens (tertiary/aromatic N) is 2. The van der Waals surface area contributed by atoms with Gasteiger partial charge in [0.2, 0.25) is 0 Å². The average Bonchev–Trinajstić information content (AvgIpc) is 2.10. The van der Waals surface area contributed by atoms with Crippen LogP contribution in [0.4, 0.5) is 0 Å². The summed E-state index contributed by atoms with van der Waals surface area (Å²) in [5.41, 5.74) is 0. The minimum atomic E-state index is -0.0105.